The molecule has 0 aliphatic heterocycles. The highest BCUT2D eigenvalue weighted by Crippen LogP contribution is 2.39. The fourth-order valence-electron chi connectivity index (χ4n) is 6.97. The highest BCUT2D eigenvalue weighted by Gasteiger charge is 2.17. The van der Waals surface area contributed by atoms with Crippen LogP contribution in [0, 0.1) is 0 Å². The van der Waals surface area contributed by atoms with Crippen molar-refractivity contribution in [2.75, 3.05) is 0 Å². The van der Waals surface area contributed by atoms with E-state index in [-0.39, 0.29) is 0 Å². The van der Waals surface area contributed by atoms with E-state index in [0.29, 0.717) is 28.8 Å². The average Bonchev–Trinajstić information content (AvgIpc) is 3.71. The molecular weight excluding hydrogens is 647 g/mol. The molecule has 9 heteroatoms. The Morgan fingerprint density at radius 3 is 1.37 bits per heavy atom. The fourth-order valence-corrected chi connectivity index (χ4v) is 6.97. The number of hydrogen-bond donors (Lipinski definition) is 0. The van der Waals surface area contributed by atoms with Crippen molar-refractivity contribution in [3.05, 3.63) is 165 Å². The number of aromatic nitrogens is 7. The topological polar surface area (TPSA) is 92.8 Å². The van der Waals surface area contributed by atoms with Gasteiger partial charge in [-0.25, -0.2) is 24.9 Å². The molecule has 10 rings (SSSR count). The Kier molecular flexibility index (Phi) is 6.92. The molecule has 0 amide bonds. The van der Waals surface area contributed by atoms with E-state index < -0.39 is 0 Å². The molecule has 0 saturated heterocycles. The van der Waals surface area contributed by atoms with Crippen LogP contribution in [0.25, 0.3) is 66.6 Å². The van der Waals surface area contributed by atoms with Crippen molar-refractivity contribution in [1.29, 1.82) is 0 Å². The van der Waals surface area contributed by atoms with Gasteiger partial charge < -0.3 is 9.47 Å². The Hall–Kier alpha value is -7.39. The molecule has 0 saturated carbocycles. The maximum absolute atomic E-state index is 6.60. The van der Waals surface area contributed by atoms with E-state index in [0.717, 1.165) is 60.8 Å². The monoisotopic (exact) mass is 673 g/mol. The summed E-state index contributed by atoms with van der Waals surface area (Å²) in [6, 6.07) is 46.5. The third kappa shape index (κ3) is 5.07. The van der Waals surface area contributed by atoms with Crippen LogP contribution < -0.4 is 9.47 Å². The van der Waals surface area contributed by atoms with Gasteiger partial charge in [-0.15, -0.1) is 0 Å². The summed E-state index contributed by atoms with van der Waals surface area (Å²) in [5.41, 5.74) is 4.83. The molecule has 0 aliphatic carbocycles. The number of fused-ring (bicyclic) bond motifs is 6. The SMILES string of the molecule is c1ccc(-n2c3ccccc3c3ccc(Oc4cc(Oc5ccc6c7ccccc7n(-c7ccccn7)c6c5)cc(-c5ncncn5)c4)cc32)nc1. The number of ether oxygens (including phenoxy) is 2. The zero-order valence-corrected chi connectivity index (χ0v) is 27.5. The van der Waals surface area contributed by atoms with Crippen LogP contribution in [0.5, 0.6) is 23.0 Å². The van der Waals surface area contributed by atoms with Gasteiger partial charge in [-0.3, -0.25) is 9.13 Å². The third-order valence-corrected chi connectivity index (χ3v) is 9.15. The van der Waals surface area contributed by atoms with Gasteiger partial charge in [0.15, 0.2) is 5.82 Å². The van der Waals surface area contributed by atoms with Crippen LogP contribution in [0.4, 0.5) is 0 Å². The van der Waals surface area contributed by atoms with Gasteiger partial charge in [-0.05, 0) is 72.8 Å². The molecule has 0 N–H and O–H groups in total. The highest BCUT2D eigenvalue weighted by atomic mass is 16.5. The first kappa shape index (κ1) is 29.5. The molecule has 9 nitrogen and oxygen atoms in total. The summed E-state index contributed by atoms with van der Waals surface area (Å²) in [6.07, 6.45) is 6.57. The second kappa shape index (κ2) is 12.2. The van der Waals surface area contributed by atoms with E-state index in [4.69, 9.17) is 9.47 Å². The second-order valence-electron chi connectivity index (χ2n) is 12.3. The molecule has 5 aromatic carbocycles. The third-order valence-electron chi connectivity index (χ3n) is 9.15. The molecule has 0 spiro atoms. The lowest BCUT2D eigenvalue weighted by molar-refractivity contribution is 0.461. The van der Waals surface area contributed by atoms with Gasteiger partial charge in [-0.2, -0.15) is 0 Å². The van der Waals surface area contributed by atoms with Gasteiger partial charge in [0, 0.05) is 57.7 Å². The number of nitrogens with zero attached hydrogens (tertiary/aromatic N) is 7. The summed E-state index contributed by atoms with van der Waals surface area (Å²) in [6.45, 7) is 0. The molecule has 0 aliphatic rings. The van der Waals surface area contributed by atoms with E-state index in [9.17, 15) is 0 Å². The second-order valence-corrected chi connectivity index (χ2v) is 12.3. The molecule has 0 fully saturated rings. The van der Waals surface area contributed by atoms with Crippen molar-refractivity contribution in [3.8, 4) is 46.0 Å². The molecule has 5 aromatic heterocycles. The lowest BCUT2D eigenvalue weighted by Crippen LogP contribution is -1.97. The van der Waals surface area contributed by atoms with Gasteiger partial charge in [0.2, 0.25) is 0 Å². The number of benzene rings is 5. The van der Waals surface area contributed by atoms with Gasteiger partial charge in [0.1, 0.15) is 47.3 Å². The summed E-state index contributed by atoms with van der Waals surface area (Å²) >= 11 is 0. The predicted octanol–water partition coefficient (Wildman–Crippen LogP) is 10.1. The van der Waals surface area contributed by atoms with E-state index in [1.807, 2.05) is 91.0 Å². The quantitative estimate of drug-likeness (QED) is 0.166. The van der Waals surface area contributed by atoms with Crippen molar-refractivity contribution in [3.63, 3.8) is 0 Å². The highest BCUT2D eigenvalue weighted by molar-refractivity contribution is 6.10. The van der Waals surface area contributed by atoms with Crippen LogP contribution in [-0.2, 0) is 0 Å². The Morgan fingerprint density at radius 1 is 0.385 bits per heavy atom. The van der Waals surface area contributed by atoms with Crippen LogP contribution in [0.1, 0.15) is 0 Å². The number of para-hydroxylation sites is 2. The Morgan fingerprint density at radius 2 is 0.865 bits per heavy atom. The summed E-state index contributed by atoms with van der Waals surface area (Å²) in [5, 5.41) is 4.49. The van der Waals surface area contributed by atoms with Crippen molar-refractivity contribution in [1.82, 2.24) is 34.1 Å². The molecule has 246 valence electrons. The molecule has 0 bridgehead atoms. The van der Waals surface area contributed by atoms with Crippen LogP contribution in [0.2, 0.25) is 0 Å². The lowest BCUT2D eigenvalue weighted by atomic mass is 10.1. The zero-order valence-electron chi connectivity index (χ0n) is 27.5. The molecule has 5 heterocycles. The van der Waals surface area contributed by atoms with Crippen LogP contribution in [0.15, 0.2) is 165 Å². The van der Waals surface area contributed by atoms with Gasteiger partial charge >= 0.3 is 0 Å². The molecule has 0 unspecified atom stereocenters. The van der Waals surface area contributed by atoms with Crippen LogP contribution in [0.3, 0.4) is 0 Å². The number of rotatable bonds is 7. The van der Waals surface area contributed by atoms with Gasteiger partial charge in [0.05, 0.1) is 22.1 Å². The largest absolute Gasteiger partial charge is 0.457 e. The van der Waals surface area contributed by atoms with Gasteiger partial charge in [-0.1, -0.05) is 48.5 Å². The minimum atomic E-state index is 0.502. The van der Waals surface area contributed by atoms with E-state index in [1.165, 1.54) is 12.7 Å². The van der Waals surface area contributed by atoms with Crippen LogP contribution >= 0.6 is 0 Å². The Labute approximate surface area is 297 Å². The lowest BCUT2D eigenvalue weighted by Gasteiger charge is -2.13. The van der Waals surface area contributed by atoms with Gasteiger partial charge in [0.25, 0.3) is 0 Å². The summed E-state index contributed by atoms with van der Waals surface area (Å²) in [7, 11) is 0. The standard InChI is InChI=1S/C43H27N7O2/c1-3-11-37-33(9-1)35-17-15-29(24-39(35)49(37)41-13-5-7-19-45-41)51-31-21-28(43-47-26-44-27-48-43)22-32(23-31)52-30-16-18-36-34-10-2-4-12-38(34)50(40(36)25-30)42-14-6-8-20-46-42/h1-27H. The first-order valence-electron chi connectivity index (χ1n) is 16.8. The fraction of sp³-hybridized carbons (Fsp3) is 0. The van der Waals surface area contributed by atoms with Crippen LogP contribution in [-0.4, -0.2) is 34.1 Å². The summed E-state index contributed by atoms with van der Waals surface area (Å²) < 4.78 is 17.5. The molecule has 10 aromatic rings. The summed E-state index contributed by atoms with van der Waals surface area (Å²) in [4.78, 5) is 22.2. The Bertz CT molecular complexity index is 2730. The maximum atomic E-state index is 6.60. The van der Waals surface area contributed by atoms with Crippen molar-refractivity contribution in [2.24, 2.45) is 0 Å². The Balaban J connectivity index is 1.07. The van der Waals surface area contributed by atoms with E-state index in [2.05, 4.69) is 82.6 Å². The molecule has 0 atom stereocenters. The van der Waals surface area contributed by atoms with Crippen molar-refractivity contribution in [2.45, 2.75) is 0 Å². The summed E-state index contributed by atoms with van der Waals surface area (Å²) in [5.74, 6) is 4.62. The van der Waals surface area contributed by atoms with Crippen molar-refractivity contribution >= 4 is 43.6 Å². The zero-order chi connectivity index (χ0) is 34.4. The van der Waals surface area contributed by atoms with E-state index in [1.54, 1.807) is 12.4 Å². The normalized spacial score (nSPS) is 11.5. The van der Waals surface area contributed by atoms with E-state index >= 15 is 0 Å². The number of pyridine rings is 2. The number of hydrogen-bond acceptors (Lipinski definition) is 7. The minimum absolute atomic E-state index is 0.502. The molecule has 0 radical (unpaired) electrons. The molecule has 52 heavy (non-hydrogen) atoms. The smallest absolute Gasteiger partial charge is 0.162 e. The minimum Gasteiger partial charge on any atom is -0.457 e. The molecular formula is C43H27N7O2. The predicted molar refractivity (Wildman–Crippen MR) is 203 cm³/mol. The van der Waals surface area contributed by atoms with Crippen molar-refractivity contribution < 1.29 is 9.47 Å². The first-order valence-corrected chi connectivity index (χ1v) is 16.8. The average molecular weight is 674 g/mol. The first-order chi connectivity index (χ1) is 25.8. The maximum Gasteiger partial charge on any atom is 0.162 e.